The SMILES string of the molecule is Nc1ccc(C(F)(F)F)c(C2CCc3c(ncnc3N3CCNCC3)C2)n1. The van der Waals surface area contributed by atoms with Gasteiger partial charge < -0.3 is 16.0 Å². The van der Waals surface area contributed by atoms with Crippen LogP contribution in [0.3, 0.4) is 0 Å². The molecule has 4 rings (SSSR count). The summed E-state index contributed by atoms with van der Waals surface area (Å²) in [6.07, 6.45) is -1.33. The fourth-order valence-corrected chi connectivity index (χ4v) is 3.95. The Morgan fingerprint density at radius 2 is 1.93 bits per heavy atom. The third-order valence-corrected chi connectivity index (χ3v) is 5.25. The number of nitrogens with zero attached hydrogens (tertiary/aromatic N) is 4. The summed E-state index contributed by atoms with van der Waals surface area (Å²) in [5, 5.41) is 3.31. The molecule has 2 aliphatic rings. The molecule has 0 radical (unpaired) electrons. The summed E-state index contributed by atoms with van der Waals surface area (Å²) in [6.45, 7) is 3.51. The van der Waals surface area contributed by atoms with E-state index in [9.17, 15) is 13.2 Å². The van der Waals surface area contributed by atoms with E-state index in [1.54, 1.807) is 0 Å². The Bertz CT molecular complexity index is 832. The molecule has 1 unspecified atom stereocenters. The summed E-state index contributed by atoms with van der Waals surface area (Å²) < 4.78 is 40.3. The first kappa shape index (κ1) is 18.0. The highest BCUT2D eigenvalue weighted by Crippen LogP contribution is 2.40. The van der Waals surface area contributed by atoms with E-state index in [4.69, 9.17) is 5.73 Å². The van der Waals surface area contributed by atoms with E-state index in [0.717, 1.165) is 49.3 Å². The number of aromatic nitrogens is 3. The highest BCUT2D eigenvalue weighted by atomic mass is 19.4. The molecule has 3 heterocycles. The number of piperazine rings is 1. The Labute approximate surface area is 155 Å². The van der Waals surface area contributed by atoms with Crippen LogP contribution in [0.5, 0.6) is 0 Å². The minimum atomic E-state index is -4.45. The lowest BCUT2D eigenvalue weighted by atomic mass is 9.83. The quantitative estimate of drug-likeness (QED) is 0.834. The second kappa shape index (κ2) is 6.95. The van der Waals surface area contributed by atoms with Crippen LogP contribution in [0.4, 0.5) is 24.8 Å². The van der Waals surface area contributed by atoms with Crippen molar-refractivity contribution >= 4 is 11.6 Å². The molecule has 2 aromatic heterocycles. The van der Waals surface area contributed by atoms with Gasteiger partial charge in [-0.15, -0.1) is 0 Å². The van der Waals surface area contributed by atoms with Gasteiger partial charge in [0.1, 0.15) is 18.0 Å². The first-order valence-electron chi connectivity index (χ1n) is 9.05. The summed E-state index contributed by atoms with van der Waals surface area (Å²) in [6, 6.07) is 2.23. The number of fused-ring (bicyclic) bond motifs is 1. The topological polar surface area (TPSA) is 80.0 Å². The highest BCUT2D eigenvalue weighted by molar-refractivity contribution is 5.51. The average Bonchev–Trinajstić information content (AvgIpc) is 2.66. The van der Waals surface area contributed by atoms with Gasteiger partial charge in [-0.1, -0.05) is 0 Å². The standard InChI is InChI=1S/C18H21F3N6/c19-18(20,21)13-3-4-15(22)26-16(13)11-1-2-12-14(9-11)24-10-25-17(12)27-7-5-23-6-8-27/h3-4,10-11,23H,1-2,5-9H2,(H2,22,26). The molecule has 9 heteroatoms. The van der Waals surface area contributed by atoms with Crippen molar-refractivity contribution in [2.45, 2.75) is 31.4 Å². The number of pyridine rings is 1. The Balaban J connectivity index is 1.66. The summed E-state index contributed by atoms with van der Waals surface area (Å²) >= 11 is 0. The van der Waals surface area contributed by atoms with Crippen molar-refractivity contribution in [3.05, 3.63) is 41.0 Å². The van der Waals surface area contributed by atoms with Crippen LogP contribution in [-0.2, 0) is 19.0 Å². The van der Waals surface area contributed by atoms with Crippen LogP contribution in [0, 0.1) is 0 Å². The van der Waals surface area contributed by atoms with E-state index in [1.165, 1.54) is 12.4 Å². The Morgan fingerprint density at radius 1 is 1.15 bits per heavy atom. The van der Waals surface area contributed by atoms with Gasteiger partial charge in [-0.05, 0) is 31.4 Å². The van der Waals surface area contributed by atoms with Crippen LogP contribution in [0.2, 0.25) is 0 Å². The maximum absolute atomic E-state index is 13.4. The molecule has 144 valence electrons. The van der Waals surface area contributed by atoms with Crippen molar-refractivity contribution in [3.8, 4) is 0 Å². The zero-order chi connectivity index (χ0) is 19.0. The molecule has 0 aromatic carbocycles. The number of nitrogens with one attached hydrogen (secondary N) is 1. The van der Waals surface area contributed by atoms with Gasteiger partial charge in [-0.25, -0.2) is 15.0 Å². The first-order chi connectivity index (χ1) is 12.9. The monoisotopic (exact) mass is 378 g/mol. The zero-order valence-electron chi connectivity index (χ0n) is 14.8. The Hall–Kier alpha value is -2.42. The lowest BCUT2D eigenvalue weighted by Gasteiger charge is -2.33. The first-order valence-corrected chi connectivity index (χ1v) is 9.05. The largest absolute Gasteiger partial charge is 0.418 e. The molecule has 2 aromatic rings. The minimum absolute atomic E-state index is 0.0236. The van der Waals surface area contributed by atoms with Crippen LogP contribution in [0.1, 0.15) is 34.9 Å². The minimum Gasteiger partial charge on any atom is -0.384 e. The molecule has 6 nitrogen and oxygen atoms in total. The van der Waals surface area contributed by atoms with Crippen LogP contribution in [0.25, 0.3) is 0 Å². The van der Waals surface area contributed by atoms with E-state index in [-0.39, 0.29) is 17.4 Å². The second-order valence-corrected chi connectivity index (χ2v) is 6.97. The van der Waals surface area contributed by atoms with Crippen molar-refractivity contribution < 1.29 is 13.2 Å². The number of nitrogen functional groups attached to an aromatic ring is 1. The summed E-state index contributed by atoms with van der Waals surface area (Å²) in [5.41, 5.74) is 6.86. The van der Waals surface area contributed by atoms with Crippen molar-refractivity contribution in [2.75, 3.05) is 36.8 Å². The number of anilines is 2. The van der Waals surface area contributed by atoms with E-state index >= 15 is 0 Å². The smallest absolute Gasteiger partial charge is 0.384 e. The van der Waals surface area contributed by atoms with E-state index < -0.39 is 11.7 Å². The highest BCUT2D eigenvalue weighted by Gasteiger charge is 2.38. The molecule has 0 bridgehead atoms. The fraction of sp³-hybridized carbons (Fsp3) is 0.500. The van der Waals surface area contributed by atoms with Crippen LogP contribution in [-0.4, -0.2) is 41.1 Å². The number of nitrogens with two attached hydrogens (primary N) is 1. The third-order valence-electron chi connectivity index (χ3n) is 5.25. The van der Waals surface area contributed by atoms with Crippen LogP contribution in [0.15, 0.2) is 18.5 Å². The molecular weight excluding hydrogens is 357 g/mol. The maximum atomic E-state index is 13.4. The van der Waals surface area contributed by atoms with Crippen molar-refractivity contribution in [3.63, 3.8) is 0 Å². The number of rotatable bonds is 2. The third kappa shape index (κ3) is 3.55. The van der Waals surface area contributed by atoms with Gasteiger partial charge >= 0.3 is 6.18 Å². The molecule has 1 fully saturated rings. The molecule has 0 spiro atoms. The molecular formula is C18H21F3N6. The van der Waals surface area contributed by atoms with E-state index in [1.807, 2.05) is 0 Å². The van der Waals surface area contributed by atoms with E-state index in [0.29, 0.717) is 19.3 Å². The Morgan fingerprint density at radius 3 is 2.67 bits per heavy atom. The number of hydrogen-bond donors (Lipinski definition) is 2. The average molecular weight is 378 g/mol. The van der Waals surface area contributed by atoms with Gasteiger partial charge in [0.25, 0.3) is 0 Å². The van der Waals surface area contributed by atoms with Crippen LogP contribution >= 0.6 is 0 Å². The van der Waals surface area contributed by atoms with E-state index in [2.05, 4.69) is 25.2 Å². The number of alkyl halides is 3. The number of hydrogen-bond acceptors (Lipinski definition) is 6. The van der Waals surface area contributed by atoms with Gasteiger partial charge in [0.05, 0.1) is 11.3 Å². The molecule has 0 amide bonds. The predicted molar refractivity (Wildman–Crippen MR) is 95.5 cm³/mol. The molecule has 1 aliphatic carbocycles. The van der Waals surface area contributed by atoms with Crippen LogP contribution < -0.4 is 16.0 Å². The lowest BCUT2D eigenvalue weighted by molar-refractivity contribution is -0.138. The van der Waals surface area contributed by atoms with Crippen molar-refractivity contribution in [1.82, 2.24) is 20.3 Å². The number of halogens is 3. The molecule has 1 aliphatic heterocycles. The van der Waals surface area contributed by atoms with Gasteiger partial charge in [0.2, 0.25) is 0 Å². The molecule has 1 atom stereocenters. The molecule has 27 heavy (non-hydrogen) atoms. The van der Waals surface area contributed by atoms with Crippen molar-refractivity contribution in [1.29, 1.82) is 0 Å². The maximum Gasteiger partial charge on any atom is 0.418 e. The zero-order valence-corrected chi connectivity index (χ0v) is 14.8. The summed E-state index contributed by atoms with van der Waals surface area (Å²) in [5.74, 6) is 0.660. The molecule has 0 saturated carbocycles. The molecule has 3 N–H and O–H groups in total. The van der Waals surface area contributed by atoms with Gasteiger partial charge in [0, 0.05) is 43.4 Å². The normalized spacial score (nSPS) is 20.4. The fourth-order valence-electron chi connectivity index (χ4n) is 3.95. The van der Waals surface area contributed by atoms with Gasteiger partial charge in [-0.3, -0.25) is 0 Å². The van der Waals surface area contributed by atoms with Gasteiger partial charge in [0.15, 0.2) is 0 Å². The lowest BCUT2D eigenvalue weighted by Crippen LogP contribution is -2.44. The van der Waals surface area contributed by atoms with Gasteiger partial charge in [-0.2, -0.15) is 13.2 Å². The second-order valence-electron chi connectivity index (χ2n) is 6.97. The predicted octanol–water partition coefficient (Wildman–Crippen LogP) is 2.15. The Kier molecular flexibility index (Phi) is 4.63. The van der Waals surface area contributed by atoms with Crippen molar-refractivity contribution in [2.24, 2.45) is 0 Å². The molecule has 1 saturated heterocycles. The summed E-state index contributed by atoms with van der Waals surface area (Å²) in [7, 11) is 0. The summed E-state index contributed by atoms with van der Waals surface area (Å²) in [4.78, 5) is 15.1.